The van der Waals surface area contributed by atoms with Gasteiger partial charge in [0.15, 0.2) is 16.6 Å². The van der Waals surface area contributed by atoms with E-state index in [1.165, 1.54) is 39.7 Å². The molecule has 9 heteroatoms. The van der Waals surface area contributed by atoms with E-state index in [0.29, 0.717) is 28.5 Å². The smallest absolute Gasteiger partial charge is 0.335 e. The molecule has 0 amide bonds. The fourth-order valence-electron chi connectivity index (χ4n) is 2.23. The number of carboxylic acids is 1. The molecule has 0 heterocycles. The van der Waals surface area contributed by atoms with Crippen molar-refractivity contribution >= 4 is 35.2 Å². The van der Waals surface area contributed by atoms with Crippen LogP contribution in [0, 0.1) is 0 Å². The van der Waals surface area contributed by atoms with Gasteiger partial charge in [0.25, 0.3) is 0 Å². The molecule has 27 heavy (non-hydrogen) atoms. The van der Waals surface area contributed by atoms with Crippen LogP contribution in [0.5, 0.6) is 17.2 Å². The highest BCUT2D eigenvalue weighted by Crippen LogP contribution is 2.37. The molecule has 2 aromatic carbocycles. The van der Waals surface area contributed by atoms with Crippen molar-refractivity contribution in [1.82, 2.24) is 5.43 Å². The van der Waals surface area contributed by atoms with Gasteiger partial charge in [0.05, 0.1) is 33.1 Å². The summed E-state index contributed by atoms with van der Waals surface area (Å²) in [6, 6.07) is 9.75. The fourth-order valence-corrected chi connectivity index (χ4v) is 2.40. The largest absolute Gasteiger partial charge is 0.493 e. The molecule has 2 aromatic rings. The van der Waals surface area contributed by atoms with Crippen molar-refractivity contribution in [3.05, 3.63) is 47.5 Å². The van der Waals surface area contributed by atoms with Crippen LogP contribution in [0.15, 0.2) is 41.5 Å². The van der Waals surface area contributed by atoms with Crippen molar-refractivity contribution in [2.75, 3.05) is 26.6 Å². The van der Waals surface area contributed by atoms with Gasteiger partial charge in [-0.2, -0.15) is 5.10 Å². The molecule has 2 rings (SSSR count). The van der Waals surface area contributed by atoms with Crippen molar-refractivity contribution in [1.29, 1.82) is 0 Å². The predicted octanol–water partition coefficient (Wildman–Crippen LogP) is 2.73. The minimum atomic E-state index is -1.02. The lowest BCUT2D eigenvalue weighted by Crippen LogP contribution is -2.24. The molecule has 0 aliphatic carbocycles. The number of hydrogen-bond donors (Lipinski definition) is 3. The molecule has 0 aliphatic rings. The number of methoxy groups -OCH3 is 3. The van der Waals surface area contributed by atoms with Crippen molar-refractivity contribution in [3.63, 3.8) is 0 Å². The van der Waals surface area contributed by atoms with Crippen LogP contribution in [-0.2, 0) is 0 Å². The molecule has 3 N–H and O–H groups in total. The van der Waals surface area contributed by atoms with Crippen molar-refractivity contribution in [2.24, 2.45) is 5.10 Å². The average Bonchev–Trinajstić information content (AvgIpc) is 2.67. The van der Waals surface area contributed by atoms with E-state index in [-0.39, 0.29) is 10.7 Å². The van der Waals surface area contributed by atoms with Gasteiger partial charge < -0.3 is 24.6 Å². The third-order valence-electron chi connectivity index (χ3n) is 3.43. The van der Waals surface area contributed by atoms with E-state index in [1.807, 2.05) is 0 Å². The second-order valence-corrected chi connectivity index (χ2v) is 5.58. The standard InChI is InChI=1S/C18H19N3O5S/c1-24-14-7-11(8-15(25-2)16(14)26-3)10-19-21-18(27)20-13-6-4-5-12(9-13)17(22)23/h4-10H,1-3H3,(H,22,23)(H2,20,21,27)/b19-10+. The summed E-state index contributed by atoms with van der Waals surface area (Å²) >= 11 is 5.14. The Kier molecular flexibility index (Phi) is 6.95. The number of nitrogens with zero attached hydrogens (tertiary/aromatic N) is 1. The second kappa shape index (κ2) is 9.39. The van der Waals surface area contributed by atoms with Gasteiger partial charge in [-0.05, 0) is 42.5 Å². The third-order valence-corrected chi connectivity index (χ3v) is 3.63. The SMILES string of the molecule is COc1cc(/C=N/NC(=S)Nc2cccc(C(=O)O)c2)cc(OC)c1OC. The molecule has 8 nitrogen and oxygen atoms in total. The highest BCUT2D eigenvalue weighted by molar-refractivity contribution is 7.80. The molecule has 0 atom stereocenters. The molecule has 142 valence electrons. The minimum absolute atomic E-state index is 0.156. The van der Waals surface area contributed by atoms with Gasteiger partial charge >= 0.3 is 5.97 Å². The maximum Gasteiger partial charge on any atom is 0.335 e. The van der Waals surface area contributed by atoms with Crippen LogP contribution in [0.4, 0.5) is 5.69 Å². The molecule has 0 bridgehead atoms. The van der Waals surface area contributed by atoms with Gasteiger partial charge in [0, 0.05) is 11.3 Å². The van der Waals surface area contributed by atoms with Gasteiger partial charge in [0.2, 0.25) is 5.75 Å². The lowest BCUT2D eigenvalue weighted by atomic mass is 10.2. The fraction of sp³-hybridized carbons (Fsp3) is 0.167. The molecular formula is C18H19N3O5S. The van der Waals surface area contributed by atoms with E-state index in [1.54, 1.807) is 24.3 Å². The number of rotatable bonds is 7. The zero-order valence-electron chi connectivity index (χ0n) is 15.0. The van der Waals surface area contributed by atoms with E-state index in [0.717, 1.165) is 0 Å². The number of hydrogen-bond acceptors (Lipinski definition) is 6. The molecule has 0 fully saturated rings. The van der Waals surface area contributed by atoms with Crippen LogP contribution in [-0.4, -0.2) is 43.7 Å². The number of ether oxygens (including phenoxy) is 3. The summed E-state index contributed by atoms with van der Waals surface area (Å²) in [6.07, 6.45) is 1.53. The van der Waals surface area contributed by atoms with E-state index >= 15 is 0 Å². The topological polar surface area (TPSA) is 101 Å². The first-order valence-electron chi connectivity index (χ1n) is 7.72. The van der Waals surface area contributed by atoms with E-state index in [2.05, 4.69) is 15.8 Å². The first kappa shape index (κ1) is 20.0. The number of aromatic carboxylic acids is 1. The summed E-state index contributed by atoms with van der Waals surface area (Å²) in [5, 5.41) is 16.1. The predicted molar refractivity (Wildman–Crippen MR) is 106 cm³/mol. The van der Waals surface area contributed by atoms with Crippen molar-refractivity contribution < 1.29 is 24.1 Å². The molecule has 0 saturated carbocycles. The number of nitrogens with one attached hydrogen (secondary N) is 2. The van der Waals surface area contributed by atoms with Crippen LogP contribution >= 0.6 is 12.2 Å². The quantitative estimate of drug-likeness (QED) is 0.377. The Labute approximate surface area is 161 Å². The number of benzene rings is 2. The van der Waals surface area contributed by atoms with Crippen molar-refractivity contribution in [3.8, 4) is 17.2 Å². The third kappa shape index (κ3) is 5.32. The molecule has 0 spiro atoms. The summed E-state index contributed by atoms with van der Waals surface area (Å²) in [6.45, 7) is 0. The number of thiocarbonyl (C=S) groups is 1. The zero-order chi connectivity index (χ0) is 19.8. The Morgan fingerprint density at radius 2 is 1.78 bits per heavy atom. The molecule has 0 radical (unpaired) electrons. The Morgan fingerprint density at radius 1 is 1.11 bits per heavy atom. The van der Waals surface area contributed by atoms with Crippen LogP contribution in [0.1, 0.15) is 15.9 Å². The maximum absolute atomic E-state index is 11.0. The molecule has 0 aliphatic heterocycles. The monoisotopic (exact) mass is 389 g/mol. The Hall–Kier alpha value is -3.33. The van der Waals surface area contributed by atoms with E-state index < -0.39 is 5.97 Å². The molecule has 0 saturated heterocycles. The van der Waals surface area contributed by atoms with Crippen LogP contribution < -0.4 is 25.0 Å². The van der Waals surface area contributed by atoms with Gasteiger partial charge in [0.1, 0.15) is 0 Å². The maximum atomic E-state index is 11.0. The summed E-state index contributed by atoms with van der Waals surface area (Å²) in [5.74, 6) is 0.479. The molecule has 0 aromatic heterocycles. The van der Waals surface area contributed by atoms with Gasteiger partial charge in [-0.15, -0.1) is 0 Å². The van der Waals surface area contributed by atoms with Gasteiger partial charge in [-0.1, -0.05) is 6.07 Å². The Bertz CT molecular complexity index is 845. The zero-order valence-corrected chi connectivity index (χ0v) is 15.8. The summed E-state index contributed by atoms with van der Waals surface area (Å²) in [4.78, 5) is 11.0. The highest BCUT2D eigenvalue weighted by Gasteiger charge is 2.12. The first-order valence-corrected chi connectivity index (χ1v) is 8.12. The summed E-state index contributed by atoms with van der Waals surface area (Å²) in [7, 11) is 4.58. The lowest BCUT2D eigenvalue weighted by Gasteiger charge is -2.12. The average molecular weight is 389 g/mol. The summed E-state index contributed by atoms with van der Waals surface area (Å²) in [5.41, 5.74) is 4.06. The number of anilines is 1. The minimum Gasteiger partial charge on any atom is -0.493 e. The van der Waals surface area contributed by atoms with Crippen LogP contribution in [0.3, 0.4) is 0 Å². The molecule has 0 unspecified atom stereocenters. The molecular weight excluding hydrogens is 370 g/mol. The van der Waals surface area contributed by atoms with E-state index in [9.17, 15) is 4.79 Å². The number of carboxylic acid groups (broad SMARTS) is 1. The lowest BCUT2D eigenvalue weighted by molar-refractivity contribution is 0.0697. The first-order chi connectivity index (χ1) is 13.0. The highest BCUT2D eigenvalue weighted by atomic mass is 32.1. The normalized spacial score (nSPS) is 10.3. The Morgan fingerprint density at radius 3 is 2.33 bits per heavy atom. The van der Waals surface area contributed by atoms with E-state index in [4.69, 9.17) is 31.5 Å². The van der Waals surface area contributed by atoms with Crippen LogP contribution in [0.2, 0.25) is 0 Å². The van der Waals surface area contributed by atoms with Gasteiger partial charge in [-0.3, -0.25) is 5.43 Å². The van der Waals surface area contributed by atoms with Crippen LogP contribution in [0.25, 0.3) is 0 Å². The Balaban J connectivity index is 2.05. The van der Waals surface area contributed by atoms with Crippen molar-refractivity contribution in [2.45, 2.75) is 0 Å². The second-order valence-electron chi connectivity index (χ2n) is 5.17. The number of hydrazone groups is 1. The summed E-state index contributed by atoms with van der Waals surface area (Å²) < 4.78 is 15.8. The number of carbonyl (C=O) groups is 1. The van der Waals surface area contributed by atoms with Gasteiger partial charge in [-0.25, -0.2) is 4.79 Å².